The second-order valence-corrected chi connectivity index (χ2v) is 7.44. The molecule has 0 N–H and O–H groups in total. The molecule has 0 aromatic heterocycles. The molecule has 0 aliphatic heterocycles. The summed E-state index contributed by atoms with van der Waals surface area (Å²) in [7, 11) is 6.16. The highest BCUT2D eigenvalue weighted by molar-refractivity contribution is 5.76. The summed E-state index contributed by atoms with van der Waals surface area (Å²) in [4.78, 5) is 2.28. The lowest BCUT2D eigenvalue weighted by atomic mass is 10.1. The van der Waals surface area contributed by atoms with Gasteiger partial charge in [-0.3, -0.25) is 4.48 Å². The lowest BCUT2D eigenvalue weighted by molar-refractivity contribution is -0.947. The summed E-state index contributed by atoms with van der Waals surface area (Å²) in [5.74, 6) is 0. The van der Waals surface area contributed by atoms with Crippen LogP contribution >= 0.6 is 0 Å². The molecule has 0 spiro atoms. The summed E-state index contributed by atoms with van der Waals surface area (Å²) in [5.41, 5.74) is 4.76. The van der Waals surface area contributed by atoms with Gasteiger partial charge >= 0.3 is 0 Å². The second-order valence-electron chi connectivity index (χ2n) is 7.44. The molecule has 3 nitrogen and oxygen atoms in total. The normalized spacial score (nSPS) is 12.6. The first kappa shape index (κ1) is 19.2. The molecule has 1 atom stereocenters. The van der Waals surface area contributed by atoms with Gasteiger partial charge in [0, 0.05) is 36.7 Å². The Morgan fingerprint density at radius 2 is 1.19 bits per heavy atom. The average Bonchev–Trinajstić information content (AvgIpc) is 2.70. The van der Waals surface area contributed by atoms with Gasteiger partial charge in [-0.25, -0.2) is 0 Å². The standard InChI is InChI=1S/C24H29N2O/c1-20(27-4)26(2,3)19-21-15-17-24(18-16-21)25(22-11-7-5-8-12-22)23-13-9-6-10-14-23/h5-18,20H,19H2,1-4H3/q+1. The van der Waals surface area contributed by atoms with E-state index in [9.17, 15) is 0 Å². The van der Waals surface area contributed by atoms with E-state index < -0.39 is 0 Å². The van der Waals surface area contributed by atoms with E-state index in [2.05, 4.69) is 98.7 Å². The monoisotopic (exact) mass is 361 g/mol. The number of hydrogen-bond acceptors (Lipinski definition) is 2. The van der Waals surface area contributed by atoms with Crippen molar-refractivity contribution in [2.75, 3.05) is 26.1 Å². The molecule has 0 bridgehead atoms. The fourth-order valence-electron chi connectivity index (χ4n) is 3.24. The molecule has 3 heteroatoms. The molecule has 0 aliphatic carbocycles. The van der Waals surface area contributed by atoms with Gasteiger partial charge in [0.25, 0.3) is 0 Å². The fraction of sp³-hybridized carbons (Fsp3) is 0.250. The molecule has 3 aromatic carbocycles. The molecule has 0 saturated heterocycles. The van der Waals surface area contributed by atoms with Gasteiger partial charge in [0.1, 0.15) is 6.54 Å². The van der Waals surface area contributed by atoms with E-state index in [1.54, 1.807) is 7.11 Å². The van der Waals surface area contributed by atoms with E-state index in [0.717, 1.165) is 28.1 Å². The van der Waals surface area contributed by atoms with Crippen LogP contribution in [0.3, 0.4) is 0 Å². The van der Waals surface area contributed by atoms with Gasteiger partial charge in [0.15, 0.2) is 6.23 Å². The Hall–Kier alpha value is -2.62. The van der Waals surface area contributed by atoms with E-state index >= 15 is 0 Å². The zero-order valence-electron chi connectivity index (χ0n) is 16.7. The fourth-order valence-corrected chi connectivity index (χ4v) is 3.24. The van der Waals surface area contributed by atoms with Crippen molar-refractivity contribution in [2.45, 2.75) is 19.7 Å². The van der Waals surface area contributed by atoms with Crippen molar-refractivity contribution in [3.05, 3.63) is 90.5 Å². The first-order chi connectivity index (χ1) is 13.0. The van der Waals surface area contributed by atoms with Crippen molar-refractivity contribution in [1.29, 1.82) is 0 Å². The summed E-state index contributed by atoms with van der Waals surface area (Å²) in [6.07, 6.45) is 0.148. The van der Waals surface area contributed by atoms with Gasteiger partial charge in [0.05, 0.1) is 14.1 Å². The van der Waals surface area contributed by atoms with Gasteiger partial charge in [0.2, 0.25) is 0 Å². The summed E-state index contributed by atoms with van der Waals surface area (Å²) in [6, 6.07) is 29.8. The Morgan fingerprint density at radius 1 is 0.741 bits per heavy atom. The Morgan fingerprint density at radius 3 is 1.63 bits per heavy atom. The first-order valence-electron chi connectivity index (χ1n) is 9.36. The number of rotatable bonds is 7. The lowest BCUT2D eigenvalue weighted by Crippen LogP contribution is -2.47. The summed E-state index contributed by atoms with van der Waals surface area (Å²) < 4.78 is 6.32. The minimum absolute atomic E-state index is 0.148. The van der Waals surface area contributed by atoms with Crippen molar-refractivity contribution in [3.63, 3.8) is 0 Å². The topological polar surface area (TPSA) is 12.5 Å². The zero-order valence-corrected chi connectivity index (χ0v) is 16.7. The molecule has 1 unspecified atom stereocenters. The van der Waals surface area contributed by atoms with Crippen LogP contribution in [0.15, 0.2) is 84.9 Å². The Labute approximate surface area is 163 Å². The van der Waals surface area contributed by atoms with Crippen LogP contribution in [0.4, 0.5) is 17.1 Å². The minimum atomic E-state index is 0.148. The molecule has 0 aliphatic rings. The van der Waals surface area contributed by atoms with E-state index in [-0.39, 0.29) is 6.23 Å². The molecule has 3 aromatic rings. The van der Waals surface area contributed by atoms with E-state index in [1.165, 1.54) is 5.56 Å². The van der Waals surface area contributed by atoms with Crippen LogP contribution < -0.4 is 4.90 Å². The van der Waals surface area contributed by atoms with Crippen molar-refractivity contribution >= 4 is 17.1 Å². The molecule has 0 heterocycles. The summed E-state index contributed by atoms with van der Waals surface area (Å²) >= 11 is 0. The molecule has 3 rings (SSSR count). The number of ether oxygens (including phenoxy) is 1. The summed E-state index contributed by atoms with van der Waals surface area (Å²) in [5, 5.41) is 0. The van der Waals surface area contributed by atoms with Crippen molar-refractivity contribution in [3.8, 4) is 0 Å². The third-order valence-corrected chi connectivity index (χ3v) is 5.14. The number of hydrogen-bond donors (Lipinski definition) is 0. The minimum Gasteiger partial charge on any atom is -0.333 e. The first-order valence-corrected chi connectivity index (χ1v) is 9.36. The van der Waals surface area contributed by atoms with Gasteiger partial charge < -0.3 is 9.64 Å². The number of methoxy groups -OCH3 is 1. The number of quaternary nitrogens is 1. The van der Waals surface area contributed by atoms with E-state index in [0.29, 0.717) is 0 Å². The Bertz CT molecular complexity index is 790. The van der Waals surface area contributed by atoms with E-state index in [4.69, 9.17) is 4.74 Å². The molecule has 0 amide bonds. The van der Waals surface area contributed by atoms with Crippen molar-refractivity contribution < 1.29 is 9.22 Å². The predicted molar refractivity (Wildman–Crippen MR) is 113 cm³/mol. The Kier molecular flexibility index (Phi) is 5.94. The number of para-hydroxylation sites is 2. The maximum Gasteiger partial charge on any atom is 0.189 e. The highest BCUT2D eigenvalue weighted by Gasteiger charge is 2.24. The van der Waals surface area contributed by atoms with Crippen LogP contribution in [0, 0.1) is 0 Å². The van der Waals surface area contributed by atoms with Gasteiger partial charge in [-0.05, 0) is 36.4 Å². The van der Waals surface area contributed by atoms with Gasteiger partial charge in [-0.2, -0.15) is 0 Å². The highest BCUT2D eigenvalue weighted by atomic mass is 16.5. The molecule has 0 saturated carbocycles. The highest BCUT2D eigenvalue weighted by Crippen LogP contribution is 2.34. The van der Waals surface area contributed by atoms with E-state index in [1.807, 2.05) is 12.1 Å². The quantitative estimate of drug-likeness (QED) is 0.394. The van der Waals surface area contributed by atoms with Crippen molar-refractivity contribution in [1.82, 2.24) is 0 Å². The van der Waals surface area contributed by atoms with Crippen LogP contribution in [0.25, 0.3) is 0 Å². The smallest absolute Gasteiger partial charge is 0.189 e. The summed E-state index contributed by atoms with van der Waals surface area (Å²) in [6.45, 7) is 3.03. The lowest BCUT2D eigenvalue weighted by Gasteiger charge is -2.35. The maximum atomic E-state index is 5.53. The average molecular weight is 362 g/mol. The van der Waals surface area contributed by atoms with Crippen LogP contribution in [-0.4, -0.2) is 31.9 Å². The third-order valence-electron chi connectivity index (χ3n) is 5.14. The van der Waals surface area contributed by atoms with Crippen LogP contribution in [0.5, 0.6) is 0 Å². The van der Waals surface area contributed by atoms with Crippen LogP contribution in [0.2, 0.25) is 0 Å². The predicted octanol–water partition coefficient (Wildman–Crippen LogP) is 5.73. The number of anilines is 3. The second kappa shape index (κ2) is 8.38. The Balaban J connectivity index is 1.91. The van der Waals surface area contributed by atoms with Crippen LogP contribution in [-0.2, 0) is 11.3 Å². The molecule has 27 heavy (non-hydrogen) atoms. The molecule has 0 fully saturated rings. The largest absolute Gasteiger partial charge is 0.333 e. The SMILES string of the molecule is COC(C)[N+](C)(C)Cc1ccc(N(c2ccccc2)c2ccccc2)cc1. The molecular formula is C24H29N2O+. The van der Waals surface area contributed by atoms with Crippen molar-refractivity contribution in [2.24, 2.45) is 0 Å². The molecular weight excluding hydrogens is 332 g/mol. The third kappa shape index (κ3) is 4.57. The number of nitrogens with zero attached hydrogens (tertiary/aromatic N) is 2. The van der Waals surface area contributed by atoms with Gasteiger partial charge in [-0.15, -0.1) is 0 Å². The van der Waals surface area contributed by atoms with Crippen LogP contribution in [0.1, 0.15) is 12.5 Å². The zero-order chi connectivity index (χ0) is 19.3. The molecule has 140 valence electrons. The maximum absolute atomic E-state index is 5.53. The number of benzene rings is 3. The van der Waals surface area contributed by atoms with Gasteiger partial charge in [-0.1, -0.05) is 48.5 Å². The molecule has 0 radical (unpaired) electrons.